The Balaban J connectivity index is 2.46. The van der Waals surface area contributed by atoms with Crippen LogP contribution in [0.4, 0.5) is 4.79 Å². The number of hydrogen-bond acceptors (Lipinski definition) is 3. The molecule has 4 N–H and O–H groups in total. The van der Waals surface area contributed by atoms with E-state index in [4.69, 9.17) is 5.11 Å². The van der Waals surface area contributed by atoms with Crippen LogP contribution in [0.5, 0.6) is 0 Å². The second-order valence-corrected chi connectivity index (χ2v) is 4.07. The Kier molecular flexibility index (Phi) is 4.54. The van der Waals surface area contributed by atoms with Crippen molar-refractivity contribution in [1.29, 1.82) is 0 Å². The molecule has 92 valence electrons. The van der Waals surface area contributed by atoms with Crippen molar-refractivity contribution >= 4 is 12.0 Å². The van der Waals surface area contributed by atoms with Crippen molar-refractivity contribution in [3.63, 3.8) is 0 Å². The maximum absolute atomic E-state index is 11.5. The molecular weight excluding hydrogens is 212 g/mol. The number of carbonyl (C=O) groups excluding carboxylic acids is 1. The average Bonchev–Trinajstić information content (AvgIpc) is 2.99. The van der Waals surface area contributed by atoms with Gasteiger partial charge in [0.1, 0.15) is 0 Å². The topological polar surface area (TPSA) is 98.7 Å². The van der Waals surface area contributed by atoms with Crippen molar-refractivity contribution in [1.82, 2.24) is 10.6 Å². The summed E-state index contributed by atoms with van der Waals surface area (Å²) in [7, 11) is 0. The van der Waals surface area contributed by atoms with E-state index in [1.807, 2.05) is 6.92 Å². The van der Waals surface area contributed by atoms with Gasteiger partial charge in [-0.15, -0.1) is 0 Å². The number of rotatable bonds is 6. The summed E-state index contributed by atoms with van der Waals surface area (Å²) in [5.74, 6) is -0.491. The van der Waals surface area contributed by atoms with Gasteiger partial charge >= 0.3 is 6.09 Å². The molecule has 1 rings (SSSR count). The fraction of sp³-hybridized carbons (Fsp3) is 0.800. The van der Waals surface area contributed by atoms with Crippen LogP contribution in [-0.2, 0) is 4.79 Å². The molecule has 0 aromatic carbocycles. The minimum Gasteiger partial charge on any atom is -0.465 e. The van der Waals surface area contributed by atoms with Gasteiger partial charge in [-0.3, -0.25) is 4.79 Å². The number of carbonyl (C=O) groups is 2. The van der Waals surface area contributed by atoms with Gasteiger partial charge in [0, 0.05) is 6.04 Å². The molecule has 0 saturated heterocycles. The minimum atomic E-state index is -1.31. The van der Waals surface area contributed by atoms with Crippen LogP contribution in [-0.4, -0.2) is 40.4 Å². The van der Waals surface area contributed by atoms with Crippen LogP contribution in [0.2, 0.25) is 0 Å². The quantitative estimate of drug-likeness (QED) is 0.518. The van der Waals surface area contributed by atoms with Gasteiger partial charge in [0.15, 0.2) is 6.10 Å². The Morgan fingerprint density at radius 3 is 2.50 bits per heavy atom. The summed E-state index contributed by atoms with van der Waals surface area (Å²) < 4.78 is 0. The molecule has 1 aliphatic rings. The first-order valence-electron chi connectivity index (χ1n) is 5.52. The van der Waals surface area contributed by atoms with Crippen molar-refractivity contribution in [3.05, 3.63) is 0 Å². The highest BCUT2D eigenvalue weighted by Gasteiger charge is 2.31. The van der Waals surface area contributed by atoms with Crippen molar-refractivity contribution in [3.8, 4) is 0 Å². The minimum absolute atomic E-state index is 0.161. The average molecular weight is 230 g/mol. The van der Waals surface area contributed by atoms with Crippen molar-refractivity contribution in [2.45, 2.75) is 50.8 Å². The highest BCUT2D eigenvalue weighted by molar-refractivity contribution is 5.82. The molecule has 0 spiro atoms. The van der Waals surface area contributed by atoms with Crippen molar-refractivity contribution in [2.24, 2.45) is 0 Å². The van der Waals surface area contributed by atoms with Crippen LogP contribution < -0.4 is 10.6 Å². The van der Waals surface area contributed by atoms with Crippen LogP contribution in [0.15, 0.2) is 0 Å². The molecule has 1 fully saturated rings. The van der Waals surface area contributed by atoms with E-state index < -0.39 is 24.1 Å². The second kappa shape index (κ2) is 5.69. The first-order chi connectivity index (χ1) is 7.54. The molecule has 16 heavy (non-hydrogen) atoms. The second-order valence-electron chi connectivity index (χ2n) is 4.07. The summed E-state index contributed by atoms with van der Waals surface area (Å²) in [6.07, 6.45) is 0.463. The Hall–Kier alpha value is -1.30. The van der Waals surface area contributed by atoms with E-state index in [0.717, 1.165) is 12.8 Å². The maximum atomic E-state index is 11.5. The van der Waals surface area contributed by atoms with E-state index in [0.29, 0.717) is 12.8 Å². The third-order valence-electron chi connectivity index (χ3n) is 2.48. The van der Waals surface area contributed by atoms with Gasteiger partial charge in [-0.05, 0) is 19.3 Å². The number of aliphatic hydroxyl groups is 1. The van der Waals surface area contributed by atoms with Gasteiger partial charge in [0.25, 0.3) is 5.91 Å². The smallest absolute Gasteiger partial charge is 0.404 e. The van der Waals surface area contributed by atoms with Gasteiger partial charge in [0.2, 0.25) is 0 Å². The highest BCUT2D eigenvalue weighted by Crippen LogP contribution is 2.19. The van der Waals surface area contributed by atoms with E-state index in [2.05, 4.69) is 10.6 Å². The summed E-state index contributed by atoms with van der Waals surface area (Å²) in [6, 6.07) is -0.574. The van der Waals surface area contributed by atoms with Gasteiger partial charge in [-0.25, -0.2) is 4.79 Å². The summed E-state index contributed by atoms with van der Waals surface area (Å²) in [5, 5.41) is 23.1. The van der Waals surface area contributed by atoms with E-state index in [-0.39, 0.29) is 6.04 Å². The predicted molar refractivity (Wildman–Crippen MR) is 57.0 cm³/mol. The van der Waals surface area contributed by atoms with E-state index in [9.17, 15) is 14.7 Å². The van der Waals surface area contributed by atoms with Gasteiger partial charge in [-0.2, -0.15) is 0 Å². The summed E-state index contributed by atoms with van der Waals surface area (Å²) >= 11 is 0. The lowest BCUT2D eigenvalue weighted by atomic mass is 10.1. The van der Waals surface area contributed by atoms with E-state index >= 15 is 0 Å². The number of aliphatic hydroxyl groups excluding tert-OH is 1. The third-order valence-corrected chi connectivity index (χ3v) is 2.48. The molecule has 2 amide bonds. The highest BCUT2D eigenvalue weighted by atomic mass is 16.4. The molecule has 0 aromatic heterocycles. The van der Waals surface area contributed by atoms with Crippen molar-refractivity contribution < 1.29 is 19.8 Å². The fourth-order valence-electron chi connectivity index (χ4n) is 1.48. The van der Waals surface area contributed by atoms with Gasteiger partial charge in [0.05, 0.1) is 6.04 Å². The molecule has 6 nitrogen and oxygen atoms in total. The molecule has 1 unspecified atom stereocenters. The Morgan fingerprint density at radius 2 is 2.06 bits per heavy atom. The van der Waals surface area contributed by atoms with Crippen LogP contribution in [0.1, 0.15) is 32.6 Å². The Morgan fingerprint density at radius 1 is 1.44 bits per heavy atom. The standard InChI is InChI=1S/C10H18N2O4/c1-2-3-7(12-10(15)16)8(13)9(14)11-6-4-5-6/h6-8,12-13H,2-5H2,1H3,(H,11,14)(H,15,16)/t7-,8?/m0/s1. The number of carboxylic acid groups (broad SMARTS) is 1. The zero-order chi connectivity index (χ0) is 12.1. The molecule has 1 saturated carbocycles. The molecule has 1 aliphatic carbocycles. The van der Waals surface area contributed by atoms with Crippen molar-refractivity contribution in [2.75, 3.05) is 0 Å². The Bertz CT molecular complexity index is 266. The molecule has 0 heterocycles. The van der Waals surface area contributed by atoms with Gasteiger partial charge < -0.3 is 20.8 Å². The normalized spacial score (nSPS) is 18.6. The molecule has 0 bridgehead atoms. The first-order valence-corrected chi connectivity index (χ1v) is 5.52. The van der Waals surface area contributed by atoms with Crippen LogP contribution in [0.25, 0.3) is 0 Å². The van der Waals surface area contributed by atoms with Gasteiger partial charge in [-0.1, -0.05) is 13.3 Å². The molecule has 0 aliphatic heterocycles. The number of hydrogen-bond donors (Lipinski definition) is 4. The van der Waals surface area contributed by atoms with Crippen LogP contribution >= 0.6 is 0 Å². The lowest BCUT2D eigenvalue weighted by Crippen LogP contribution is -2.50. The zero-order valence-electron chi connectivity index (χ0n) is 9.27. The largest absolute Gasteiger partial charge is 0.465 e. The Labute approximate surface area is 94.0 Å². The number of amides is 2. The lowest BCUT2D eigenvalue weighted by molar-refractivity contribution is -0.130. The monoisotopic (exact) mass is 230 g/mol. The van der Waals surface area contributed by atoms with E-state index in [1.54, 1.807) is 0 Å². The predicted octanol–water partition coefficient (Wildman–Crippen LogP) is 0.0622. The molecule has 0 radical (unpaired) electrons. The number of nitrogens with one attached hydrogen (secondary N) is 2. The van der Waals surface area contributed by atoms with E-state index in [1.165, 1.54) is 0 Å². The molecule has 0 aromatic rings. The molecule has 2 atom stereocenters. The van der Waals surface area contributed by atoms with Crippen LogP contribution in [0.3, 0.4) is 0 Å². The van der Waals surface area contributed by atoms with Crippen LogP contribution in [0, 0.1) is 0 Å². The summed E-state index contributed by atoms with van der Waals surface area (Å²) in [4.78, 5) is 22.0. The SMILES string of the molecule is CCC[C@H](NC(=O)O)C(O)C(=O)NC1CC1. The maximum Gasteiger partial charge on any atom is 0.404 e. The zero-order valence-corrected chi connectivity index (χ0v) is 9.27. The molecular formula is C10H18N2O4. The third kappa shape index (κ3) is 4.06. The lowest BCUT2D eigenvalue weighted by Gasteiger charge is -2.21. The molecule has 6 heteroatoms. The summed E-state index contributed by atoms with van der Waals surface area (Å²) in [5.41, 5.74) is 0. The fourth-order valence-corrected chi connectivity index (χ4v) is 1.48. The summed E-state index contributed by atoms with van der Waals surface area (Å²) in [6.45, 7) is 1.86. The first kappa shape index (κ1) is 12.8.